The first-order valence-electron chi connectivity index (χ1n) is 8.99. The lowest BCUT2D eigenvalue weighted by atomic mass is 9.89. The molecule has 0 radical (unpaired) electrons. The van der Waals surface area contributed by atoms with Crippen LogP contribution in [0.2, 0.25) is 0 Å². The molecule has 3 rings (SSSR count). The van der Waals surface area contributed by atoms with Crippen molar-refractivity contribution in [2.45, 2.75) is 33.1 Å². The Balaban J connectivity index is 1.85. The smallest absolute Gasteiger partial charge is 0.269 e. The van der Waals surface area contributed by atoms with Crippen LogP contribution in [0.3, 0.4) is 0 Å². The quantitative estimate of drug-likeness (QED) is 0.452. The number of phenols is 1. The van der Waals surface area contributed by atoms with E-state index in [2.05, 4.69) is 32.0 Å². The van der Waals surface area contributed by atoms with Crippen LogP contribution >= 0.6 is 0 Å². The predicted molar refractivity (Wildman–Crippen MR) is 108 cm³/mol. The van der Waals surface area contributed by atoms with Crippen molar-refractivity contribution in [1.82, 2.24) is 0 Å². The first-order valence-corrected chi connectivity index (χ1v) is 8.99. The van der Waals surface area contributed by atoms with E-state index in [0.29, 0.717) is 5.92 Å². The number of benzene rings is 3. The molecule has 27 heavy (non-hydrogen) atoms. The third-order valence-corrected chi connectivity index (χ3v) is 5.01. The fourth-order valence-electron chi connectivity index (χ4n) is 3.46. The fourth-order valence-corrected chi connectivity index (χ4v) is 3.46. The Morgan fingerprint density at radius 2 is 1.52 bits per heavy atom. The maximum absolute atomic E-state index is 10.9. The molecule has 0 bridgehead atoms. The third kappa shape index (κ3) is 4.17. The minimum absolute atomic E-state index is 0.119. The molecule has 3 aromatic carbocycles. The highest BCUT2D eigenvalue weighted by Gasteiger charge is 2.13. The molecule has 1 atom stereocenters. The average molecular weight is 361 g/mol. The summed E-state index contributed by atoms with van der Waals surface area (Å²) in [7, 11) is 0. The molecule has 3 aromatic rings. The van der Waals surface area contributed by atoms with Crippen molar-refractivity contribution in [2.75, 3.05) is 0 Å². The second-order valence-corrected chi connectivity index (χ2v) is 7.10. The second kappa shape index (κ2) is 7.62. The van der Waals surface area contributed by atoms with E-state index in [0.717, 1.165) is 28.7 Å². The van der Waals surface area contributed by atoms with E-state index in [1.165, 1.54) is 11.1 Å². The maximum atomic E-state index is 10.9. The standard InChI is InChI=1S/C23H23NO3/c1-15(12-18-4-8-21(25)9-5-18)19-6-10-22(16(2)13-19)23-11-7-20(24(26)27)14-17(23)3/h4-11,13-15,25H,12H2,1-3H3. The molecular formula is C23H23NO3. The van der Waals surface area contributed by atoms with Crippen LogP contribution in [0.25, 0.3) is 11.1 Å². The zero-order valence-electron chi connectivity index (χ0n) is 15.8. The number of hydrogen-bond donors (Lipinski definition) is 1. The maximum Gasteiger partial charge on any atom is 0.269 e. The average Bonchev–Trinajstić information content (AvgIpc) is 2.63. The van der Waals surface area contributed by atoms with Crippen LogP contribution in [0.4, 0.5) is 5.69 Å². The van der Waals surface area contributed by atoms with Crippen molar-refractivity contribution in [3.05, 3.63) is 93.0 Å². The largest absolute Gasteiger partial charge is 0.508 e. The minimum atomic E-state index is -0.363. The number of non-ortho nitro benzene ring substituents is 1. The van der Waals surface area contributed by atoms with Gasteiger partial charge in [-0.15, -0.1) is 0 Å². The first kappa shape index (κ1) is 18.6. The van der Waals surface area contributed by atoms with Gasteiger partial charge in [0.05, 0.1) is 4.92 Å². The van der Waals surface area contributed by atoms with E-state index in [1.807, 2.05) is 25.1 Å². The highest BCUT2D eigenvalue weighted by Crippen LogP contribution is 2.32. The van der Waals surface area contributed by atoms with Gasteiger partial charge in [0.1, 0.15) is 5.75 Å². The van der Waals surface area contributed by atoms with E-state index in [9.17, 15) is 15.2 Å². The van der Waals surface area contributed by atoms with Gasteiger partial charge in [0.15, 0.2) is 0 Å². The molecule has 1 N–H and O–H groups in total. The van der Waals surface area contributed by atoms with Crippen molar-refractivity contribution in [3.63, 3.8) is 0 Å². The van der Waals surface area contributed by atoms with Gasteiger partial charge < -0.3 is 5.11 Å². The van der Waals surface area contributed by atoms with E-state index >= 15 is 0 Å². The summed E-state index contributed by atoms with van der Waals surface area (Å²) >= 11 is 0. The van der Waals surface area contributed by atoms with Gasteiger partial charge in [-0.3, -0.25) is 10.1 Å². The summed E-state index contributed by atoms with van der Waals surface area (Å²) in [4.78, 5) is 10.6. The number of nitro benzene ring substituents is 1. The molecular weight excluding hydrogens is 338 g/mol. The summed E-state index contributed by atoms with van der Waals surface area (Å²) in [5.41, 5.74) is 6.74. The molecule has 0 aromatic heterocycles. The number of nitrogens with zero attached hydrogens (tertiary/aromatic N) is 1. The fraction of sp³-hybridized carbons (Fsp3) is 0.217. The van der Waals surface area contributed by atoms with Crippen molar-refractivity contribution < 1.29 is 10.0 Å². The lowest BCUT2D eigenvalue weighted by Crippen LogP contribution is -2.00. The molecule has 0 saturated heterocycles. The molecule has 0 fully saturated rings. The molecule has 138 valence electrons. The van der Waals surface area contributed by atoms with Crippen LogP contribution < -0.4 is 0 Å². The number of aryl methyl sites for hydroxylation is 2. The van der Waals surface area contributed by atoms with Crippen LogP contribution in [-0.4, -0.2) is 10.0 Å². The molecule has 4 heteroatoms. The van der Waals surface area contributed by atoms with Gasteiger partial charge in [0.25, 0.3) is 5.69 Å². The van der Waals surface area contributed by atoms with Gasteiger partial charge in [-0.05, 0) is 77.8 Å². The van der Waals surface area contributed by atoms with E-state index in [-0.39, 0.29) is 16.4 Å². The topological polar surface area (TPSA) is 63.4 Å². The van der Waals surface area contributed by atoms with Crippen molar-refractivity contribution >= 4 is 5.69 Å². The number of nitro groups is 1. The van der Waals surface area contributed by atoms with Crippen molar-refractivity contribution in [3.8, 4) is 16.9 Å². The Morgan fingerprint density at radius 1 is 0.926 bits per heavy atom. The van der Waals surface area contributed by atoms with Gasteiger partial charge in [-0.2, -0.15) is 0 Å². The zero-order chi connectivity index (χ0) is 19.6. The van der Waals surface area contributed by atoms with Gasteiger partial charge in [0.2, 0.25) is 0 Å². The molecule has 1 unspecified atom stereocenters. The van der Waals surface area contributed by atoms with Gasteiger partial charge in [-0.1, -0.05) is 37.3 Å². The predicted octanol–water partition coefficient (Wildman–Crippen LogP) is 5.93. The van der Waals surface area contributed by atoms with Crippen LogP contribution in [0.5, 0.6) is 5.75 Å². The van der Waals surface area contributed by atoms with Gasteiger partial charge in [-0.25, -0.2) is 0 Å². The van der Waals surface area contributed by atoms with Crippen LogP contribution in [0.1, 0.15) is 35.1 Å². The third-order valence-electron chi connectivity index (χ3n) is 5.01. The zero-order valence-corrected chi connectivity index (χ0v) is 15.8. The highest BCUT2D eigenvalue weighted by molar-refractivity contribution is 5.72. The SMILES string of the molecule is Cc1cc(C(C)Cc2ccc(O)cc2)ccc1-c1ccc([N+](=O)[O-])cc1C. The normalized spacial score (nSPS) is 12.0. The van der Waals surface area contributed by atoms with E-state index in [1.54, 1.807) is 24.3 Å². The van der Waals surface area contributed by atoms with Gasteiger partial charge in [0, 0.05) is 12.1 Å². The molecule has 0 amide bonds. The van der Waals surface area contributed by atoms with Crippen LogP contribution in [0.15, 0.2) is 60.7 Å². The van der Waals surface area contributed by atoms with Crippen LogP contribution in [-0.2, 0) is 6.42 Å². The Morgan fingerprint density at radius 3 is 2.07 bits per heavy atom. The van der Waals surface area contributed by atoms with Crippen LogP contribution in [0, 0.1) is 24.0 Å². The molecule has 0 aliphatic heterocycles. The highest BCUT2D eigenvalue weighted by atomic mass is 16.6. The Hall–Kier alpha value is -3.14. The Kier molecular flexibility index (Phi) is 5.26. The number of rotatable bonds is 5. The summed E-state index contributed by atoms with van der Waals surface area (Å²) in [5.74, 6) is 0.630. The van der Waals surface area contributed by atoms with E-state index < -0.39 is 0 Å². The summed E-state index contributed by atoms with van der Waals surface area (Å²) < 4.78 is 0. The van der Waals surface area contributed by atoms with Crippen molar-refractivity contribution in [2.24, 2.45) is 0 Å². The molecule has 4 nitrogen and oxygen atoms in total. The minimum Gasteiger partial charge on any atom is -0.508 e. The Bertz CT molecular complexity index is 977. The monoisotopic (exact) mass is 361 g/mol. The molecule has 0 saturated carbocycles. The molecule has 0 aliphatic carbocycles. The lowest BCUT2D eigenvalue weighted by Gasteiger charge is -2.16. The Labute approximate surface area is 159 Å². The second-order valence-electron chi connectivity index (χ2n) is 7.10. The summed E-state index contributed by atoms with van der Waals surface area (Å²) in [6.45, 7) is 6.18. The molecule has 0 heterocycles. The lowest BCUT2D eigenvalue weighted by molar-refractivity contribution is -0.384. The first-order chi connectivity index (χ1) is 12.8. The number of aromatic hydroxyl groups is 1. The van der Waals surface area contributed by atoms with E-state index in [4.69, 9.17) is 0 Å². The summed E-state index contributed by atoms with van der Waals surface area (Å²) in [6.07, 6.45) is 0.898. The summed E-state index contributed by atoms with van der Waals surface area (Å²) in [5, 5.41) is 20.4. The summed E-state index contributed by atoms with van der Waals surface area (Å²) in [6, 6.07) is 18.8. The van der Waals surface area contributed by atoms with Gasteiger partial charge >= 0.3 is 0 Å². The number of hydrogen-bond acceptors (Lipinski definition) is 3. The number of phenolic OH excluding ortho intramolecular Hbond substituents is 1. The molecule has 0 spiro atoms. The molecule has 0 aliphatic rings. The van der Waals surface area contributed by atoms with Crippen molar-refractivity contribution in [1.29, 1.82) is 0 Å².